The minimum atomic E-state index is -5.40. The first-order valence-electron chi connectivity index (χ1n) is 16.5. The Labute approximate surface area is 330 Å². The molecule has 0 heterocycles. The normalized spacial score (nSPS) is 18.8. The summed E-state index contributed by atoms with van der Waals surface area (Å²) in [7, 11) is -4.32. The molecule has 0 radical (unpaired) electrons. The van der Waals surface area contributed by atoms with Crippen LogP contribution in [0.15, 0.2) is 48.5 Å². The van der Waals surface area contributed by atoms with E-state index in [1.807, 2.05) is 0 Å². The molecule has 2 rings (SSSR count). The zero-order chi connectivity index (χ0) is 45.7. The van der Waals surface area contributed by atoms with Crippen LogP contribution in [0.25, 0.3) is 0 Å². The smallest absolute Gasteiger partial charge is 0.381 e. The molecule has 0 bridgehead atoms. The lowest BCUT2D eigenvalue weighted by Gasteiger charge is -2.42. The number of alkyl halides is 12. The molecule has 0 saturated carbocycles. The zero-order valence-corrected chi connectivity index (χ0v) is 33.6. The Bertz CT molecular complexity index is 1560. The first-order valence-corrected chi connectivity index (χ1v) is 18.8. The van der Waals surface area contributed by atoms with Gasteiger partial charge in [0.15, 0.2) is 12.2 Å². The van der Waals surface area contributed by atoms with E-state index in [-0.39, 0.29) is 0 Å². The van der Waals surface area contributed by atoms with Crippen LogP contribution < -0.4 is 9.44 Å². The lowest BCUT2D eigenvalue weighted by atomic mass is 9.83. The first kappa shape index (κ1) is 53.5. The van der Waals surface area contributed by atoms with E-state index in [0.717, 1.165) is 38.1 Å². The molecule has 0 aliphatic carbocycles. The third-order valence-corrected chi connectivity index (χ3v) is 11.3. The summed E-state index contributed by atoms with van der Waals surface area (Å²) in [6.07, 6.45) is -33.1. The number of benzene rings is 2. The molecule has 0 spiro atoms. The Balaban J connectivity index is 0.000000580. The summed E-state index contributed by atoms with van der Waals surface area (Å²) >= 11 is 0. The Kier molecular flexibility index (Phi) is 18.0. The number of nitrogens with one attached hydrogen (secondary N) is 2. The van der Waals surface area contributed by atoms with Gasteiger partial charge in [-0.15, -0.1) is 0 Å². The Hall–Kier alpha value is -2.48. The average Bonchev–Trinajstić information content (AvgIpc) is 3.02. The molecule has 0 unspecified atom stereocenters. The van der Waals surface area contributed by atoms with Crippen LogP contribution in [0, 0.1) is 11.6 Å². The van der Waals surface area contributed by atoms with Crippen molar-refractivity contribution in [3.63, 3.8) is 0 Å². The molecule has 0 amide bonds. The fraction of sp³-hybridized carbons (Fsp3) is 0.647. The first-order chi connectivity index (χ1) is 25.8. The molecule has 2 aromatic carbocycles. The second-order valence-corrected chi connectivity index (χ2v) is 18.9. The molecule has 58 heavy (non-hydrogen) atoms. The average molecular weight is 907 g/mol. The van der Waals surface area contributed by atoms with Gasteiger partial charge in [0.05, 0.1) is 42.5 Å². The van der Waals surface area contributed by atoms with Crippen molar-refractivity contribution in [2.45, 2.75) is 125 Å². The summed E-state index contributed by atoms with van der Waals surface area (Å²) in [6.45, 7) is 6.20. The molecule has 0 aliphatic rings. The predicted molar refractivity (Wildman–Crippen MR) is 185 cm³/mol. The topological polar surface area (TPSA) is 117 Å². The van der Waals surface area contributed by atoms with Crippen molar-refractivity contribution in [2.24, 2.45) is 0 Å². The van der Waals surface area contributed by atoms with Crippen molar-refractivity contribution in [2.75, 3.05) is 13.2 Å². The summed E-state index contributed by atoms with van der Waals surface area (Å²) in [5, 5.41) is 19.5. The van der Waals surface area contributed by atoms with Gasteiger partial charge < -0.3 is 19.7 Å². The van der Waals surface area contributed by atoms with Gasteiger partial charge in [0, 0.05) is 11.1 Å². The Morgan fingerprint density at radius 3 is 1.00 bits per heavy atom. The van der Waals surface area contributed by atoms with Crippen LogP contribution in [0.2, 0.25) is 0 Å². The molecule has 0 aliphatic heterocycles. The highest BCUT2D eigenvalue weighted by atomic mass is 32.2. The van der Waals surface area contributed by atoms with Crippen LogP contribution in [0.1, 0.15) is 66.5 Å². The number of halogens is 14. The minimum Gasteiger partial charge on any atom is -0.381 e. The Morgan fingerprint density at radius 2 is 0.793 bits per heavy atom. The predicted octanol–water partition coefficient (Wildman–Crippen LogP) is 7.93. The summed E-state index contributed by atoms with van der Waals surface area (Å²) in [5.41, 5.74) is -5.98. The van der Waals surface area contributed by atoms with Crippen molar-refractivity contribution < 1.29 is 89.6 Å². The minimum absolute atomic E-state index is 0.548. The van der Waals surface area contributed by atoms with Gasteiger partial charge in [-0.3, -0.25) is 0 Å². The lowest BCUT2D eigenvalue weighted by molar-refractivity contribution is -0.266. The molecule has 2 aromatic rings. The number of hydrogen-bond donors (Lipinski definition) is 4. The number of aliphatic hydroxyl groups excluding tert-OH is 2. The highest BCUT2D eigenvalue weighted by Crippen LogP contribution is 2.40. The van der Waals surface area contributed by atoms with Gasteiger partial charge in [-0.1, -0.05) is 36.4 Å². The number of ether oxygens (including phenoxy) is 2. The zero-order valence-electron chi connectivity index (χ0n) is 32.0. The van der Waals surface area contributed by atoms with Crippen LogP contribution >= 0.6 is 0 Å². The maximum atomic E-state index is 14.4. The highest BCUT2D eigenvalue weighted by Gasteiger charge is 2.56. The second-order valence-electron chi connectivity index (χ2n) is 15.0. The molecule has 24 heteroatoms. The van der Waals surface area contributed by atoms with E-state index in [2.05, 4.69) is 18.9 Å². The monoisotopic (exact) mass is 906 g/mol. The van der Waals surface area contributed by atoms with Gasteiger partial charge in [0.2, 0.25) is 0 Å². The van der Waals surface area contributed by atoms with Gasteiger partial charge in [-0.05, 0) is 67.5 Å². The van der Waals surface area contributed by atoms with E-state index in [0.29, 0.717) is 0 Å². The van der Waals surface area contributed by atoms with Gasteiger partial charge in [0.25, 0.3) is 0 Å². The van der Waals surface area contributed by atoms with Crippen molar-refractivity contribution in [3.8, 4) is 0 Å². The van der Waals surface area contributed by atoms with E-state index in [9.17, 15) is 80.1 Å². The van der Waals surface area contributed by atoms with Crippen molar-refractivity contribution in [1.82, 2.24) is 9.44 Å². The largest absolute Gasteiger partial charge is 0.417 e. The van der Waals surface area contributed by atoms with E-state index < -0.39 is 128 Å². The van der Waals surface area contributed by atoms with Crippen LogP contribution in [0.3, 0.4) is 0 Å². The van der Waals surface area contributed by atoms with E-state index in [1.165, 1.54) is 65.8 Å². The molecule has 0 aromatic heterocycles. The third kappa shape index (κ3) is 15.5. The molecule has 336 valence electrons. The lowest BCUT2D eigenvalue weighted by Crippen LogP contribution is -2.61. The van der Waals surface area contributed by atoms with E-state index in [4.69, 9.17) is 0 Å². The maximum absolute atomic E-state index is 14.4. The quantitative estimate of drug-likeness (QED) is 0.143. The van der Waals surface area contributed by atoms with Crippen LogP contribution in [-0.4, -0.2) is 90.5 Å². The molecule has 4 N–H and O–H groups in total. The van der Waals surface area contributed by atoms with Gasteiger partial charge in [-0.25, -0.2) is 26.6 Å². The van der Waals surface area contributed by atoms with Gasteiger partial charge in [0.1, 0.15) is 37.1 Å². The van der Waals surface area contributed by atoms with Crippen LogP contribution in [0.4, 0.5) is 61.5 Å². The van der Waals surface area contributed by atoms with Crippen LogP contribution in [0.5, 0.6) is 0 Å². The van der Waals surface area contributed by atoms with Gasteiger partial charge >= 0.3 is 24.7 Å². The molecule has 0 saturated heterocycles. The van der Waals surface area contributed by atoms with Crippen LogP contribution in [-0.2, 0) is 42.5 Å². The molecule has 8 atom stereocenters. The summed E-state index contributed by atoms with van der Waals surface area (Å²) in [4.78, 5) is 0. The number of rotatable bonds is 14. The van der Waals surface area contributed by atoms with Crippen molar-refractivity contribution in [3.05, 3.63) is 71.3 Å². The fourth-order valence-corrected chi connectivity index (χ4v) is 6.68. The van der Waals surface area contributed by atoms with E-state index >= 15 is 0 Å². The molecule has 0 fully saturated rings. The van der Waals surface area contributed by atoms with Crippen molar-refractivity contribution >= 4 is 22.0 Å². The molecular weight excluding hydrogens is 862 g/mol. The van der Waals surface area contributed by atoms with Gasteiger partial charge in [-0.2, -0.15) is 52.7 Å². The summed E-state index contributed by atoms with van der Waals surface area (Å²) in [6, 6.07) is 8.66. The molecular formula is C34H44F14N2O6S2. The SMILES string of the molecule is CC(C)(C)[S@@](=O)N[C@](C)(c1ccccc1F)[C@@H](OCC(F)(F)F)[C@@H](O)C(F)(F)F.CC(C)(C)[S@@](=O)N[C@](C)(c1ccccc1F)[C@@H](OCC(F)(F)F)[C@H](O)C(F)(F)F. The molecule has 8 nitrogen and oxygen atoms in total. The highest BCUT2D eigenvalue weighted by molar-refractivity contribution is 7.84. The standard InChI is InChI=1S/2C17H22F7NO3S/c2*1-14(2,3)29(27)25-15(4,10-7-5-6-8-11(10)18)13(12(26)17(22,23)24)28-9-16(19,20)21/h2*5-8,12-13,25-26H,9H2,1-4H3/t12-,13+,15-,29-;12-,13-,15+,29+/m10/s1. The maximum Gasteiger partial charge on any atom is 0.417 e. The number of hydrogen-bond acceptors (Lipinski definition) is 6. The van der Waals surface area contributed by atoms with Crippen molar-refractivity contribution in [1.29, 1.82) is 0 Å². The summed E-state index contributed by atoms with van der Waals surface area (Å²) < 4.78 is 221. The Morgan fingerprint density at radius 1 is 0.534 bits per heavy atom. The fourth-order valence-electron chi connectivity index (χ4n) is 4.85. The van der Waals surface area contributed by atoms with E-state index in [1.54, 1.807) is 0 Å². The second kappa shape index (κ2) is 19.5. The third-order valence-electron chi connectivity index (χ3n) is 7.82. The summed E-state index contributed by atoms with van der Waals surface area (Å²) in [5.74, 6) is -2.16. The number of aliphatic hydroxyl groups is 2.